The zero-order valence-corrected chi connectivity index (χ0v) is 11.0. The second-order valence-corrected chi connectivity index (χ2v) is 6.62. The highest BCUT2D eigenvalue weighted by Gasteiger charge is 2.16. The second kappa shape index (κ2) is 5.09. The topological polar surface area (TPSA) is 64.0 Å². The number of hydrogen-bond acceptors (Lipinski definition) is 3. The van der Waals surface area contributed by atoms with Crippen LogP contribution in [-0.2, 0) is 17.1 Å². The van der Waals surface area contributed by atoms with Gasteiger partial charge in [0.05, 0.1) is 6.33 Å². The molecule has 0 aromatic carbocycles. The number of imidazole rings is 1. The number of rotatable bonds is 5. The van der Waals surface area contributed by atoms with Crippen LogP contribution in [-0.4, -0.2) is 29.3 Å². The van der Waals surface area contributed by atoms with Gasteiger partial charge in [-0.3, -0.25) is 0 Å². The highest BCUT2D eigenvalue weighted by Crippen LogP contribution is 2.05. The Morgan fingerprint density at radius 3 is 2.80 bits per heavy atom. The molecule has 1 N–H and O–H groups in total. The number of hydrogen-bond donors (Lipinski definition) is 1. The van der Waals surface area contributed by atoms with Crippen molar-refractivity contribution in [3.63, 3.8) is 0 Å². The Morgan fingerprint density at radius 2 is 2.33 bits per heavy atom. The summed E-state index contributed by atoms with van der Waals surface area (Å²) >= 11 is 3.35. The Kier molecular flexibility index (Phi) is 4.30. The van der Waals surface area contributed by atoms with Gasteiger partial charge in [0.1, 0.15) is 0 Å². The van der Waals surface area contributed by atoms with E-state index in [1.807, 2.05) is 6.92 Å². The van der Waals surface area contributed by atoms with Crippen molar-refractivity contribution in [2.24, 2.45) is 7.05 Å². The van der Waals surface area contributed by atoms with E-state index in [0.717, 1.165) is 6.42 Å². The normalized spacial score (nSPS) is 14.1. The third-order valence-electron chi connectivity index (χ3n) is 1.79. The zero-order chi connectivity index (χ0) is 11.5. The third-order valence-corrected chi connectivity index (χ3v) is 3.59. The van der Waals surface area contributed by atoms with Gasteiger partial charge in [0, 0.05) is 24.6 Å². The van der Waals surface area contributed by atoms with Crippen LogP contribution in [0.3, 0.4) is 0 Å². The van der Waals surface area contributed by atoms with Crippen LogP contribution in [0.2, 0.25) is 0 Å². The molecule has 1 aromatic heterocycles. The Labute approximate surface area is 98.1 Å². The third kappa shape index (κ3) is 3.92. The molecule has 7 heteroatoms. The molecule has 0 saturated carbocycles. The average Bonchev–Trinajstić information content (AvgIpc) is 2.51. The van der Waals surface area contributed by atoms with Gasteiger partial charge >= 0.3 is 0 Å². The molecule has 0 radical (unpaired) electrons. The summed E-state index contributed by atoms with van der Waals surface area (Å²) in [4.78, 5) is 4.08. The van der Waals surface area contributed by atoms with Crippen molar-refractivity contribution >= 4 is 26.0 Å². The molecule has 0 amide bonds. The van der Waals surface area contributed by atoms with Crippen LogP contribution in [0.15, 0.2) is 17.6 Å². The maximum atomic E-state index is 11.6. The molecule has 1 aromatic rings. The summed E-state index contributed by atoms with van der Waals surface area (Å²) in [6.07, 6.45) is 3.67. The fourth-order valence-electron chi connectivity index (χ4n) is 0.994. The summed E-state index contributed by atoms with van der Waals surface area (Å²) in [7, 11) is -1.71. The molecule has 0 aliphatic heterocycles. The van der Waals surface area contributed by atoms with E-state index in [1.165, 1.54) is 12.5 Å². The van der Waals surface area contributed by atoms with Crippen LogP contribution in [0.1, 0.15) is 13.3 Å². The monoisotopic (exact) mass is 295 g/mol. The predicted octanol–water partition coefficient (Wildman–Crippen LogP) is 0.872. The number of aromatic nitrogens is 2. The average molecular weight is 296 g/mol. The number of nitrogens with zero attached hydrogens (tertiary/aromatic N) is 2. The van der Waals surface area contributed by atoms with Crippen molar-refractivity contribution in [3.8, 4) is 0 Å². The van der Waals surface area contributed by atoms with E-state index in [1.54, 1.807) is 11.6 Å². The summed E-state index contributed by atoms with van der Waals surface area (Å²) in [6.45, 7) is 2.38. The Bertz CT molecular complexity index is 413. The van der Waals surface area contributed by atoms with Crippen molar-refractivity contribution in [1.29, 1.82) is 0 Å². The summed E-state index contributed by atoms with van der Waals surface area (Å²) in [6, 6.07) is 0. The molecule has 0 bridgehead atoms. The first-order chi connectivity index (χ1) is 6.92. The van der Waals surface area contributed by atoms with E-state index in [9.17, 15) is 8.42 Å². The number of nitrogens with one attached hydrogen (secondary N) is 1. The van der Waals surface area contributed by atoms with Gasteiger partial charge in [0.25, 0.3) is 10.0 Å². The molecule has 1 rings (SSSR count). The van der Waals surface area contributed by atoms with E-state index < -0.39 is 10.0 Å². The molecular formula is C8H14BrN3O2S. The minimum atomic E-state index is -3.44. The molecule has 1 unspecified atom stereocenters. The Hall–Kier alpha value is -0.400. The minimum Gasteiger partial charge on any atom is -0.339 e. The lowest BCUT2D eigenvalue weighted by atomic mass is 10.3. The summed E-state index contributed by atoms with van der Waals surface area (Å²) in [5, 5.41) is 0.0622. The highest BCUT2D eigenvalue weighted by molar-refractivity contribution is 9.09. The molecule has 86 valence electrons. The van der Waals surface area contributed by atoms with Gasteiger partial charge in [0.2, 0.25) is 0 Å². The molecule has 0 aliphatic carbocycles. The lowest BCUT2D eigenvalue weighted by Gasteiger charge is -2.04. The van der Waals surface area contributed by atoms with Gasteiger partial charge in [-0.05, 0) is 6.42 Å². The summed E-state index contributed by atoms with van der Waals surface area (Å²) < 4.78 is 27.3. The fourth-order valence-corrected chi connectivity index (χ4v) is 2.25. The highest BCUT2D eigenvalue weighted by atomic mass is 79.9. The van der Waals surface area contributed by atoms with Crippen LogP contribution in [0.25, 0.3) is 0 Å². The van der Waals surface area contributed by atoms with Gasteiger partial charge < -0.3 is 4.57 Å². The Morgan fingerprint density at radius 1 is 1.67 bits per heavy atom. The van der Waals surface area contributed by atoms with Crippen LogP contribution >= 0.6 is 15.9 Å². The number of alkyl halides is 1. The van der Waals surface area contributed by atoms with Crippen molar-refractivity contribution in [2.45, 2.75) is 23.2 Å². The molecule has 15 heavy (non-hydrogen) atoms. The molecular weight excluding hydrogens is 282 g/mol. The maximum absolute atomic E-state index is 11.6. The van der Waals surface area contributed by atoms with Crippen molar-refractivity contribution in [1.82, 2.24) is 14.3 Å². The van der Waals surface area contributed by atoms with E-state index in [-0.39, 0.29) is 5.03 Å². The lowest BCUT2D eigenvalue weighted by molar-refractivity contribution is 0.576. The molecule has 1 heterocycles. The van der Waals surface area contributed by atoms with Gasteiger partial charge in [-0.25, -0.2) is 18.1 Å². The quantitative estimate of drug-likeness (QED) is 0.820. The summed E-state index contributed by atoms with van der Waals surface area (Å²) in [5.41, 5.74) is 0. The first kappa shape index (κ1) is 12.7. The van der Waals surface area contributed by atoms with Gasteiger partial charge in [-0.2, -0.15) is 0 Å². The van der Waals surface area contributed by atoms with E-state index in [4.69, 9.17) is 0 Å². The molecule has 1 atom stereocenters. The number of halogens is 1. The maximum Gasteiger partial charge on any atom is 0.259 e. The lowest BCUT2D eigenvalue weighted by Crippen LogP contribution is -2.26. The zero-order valence-electron chi connectivity index (χ0n) is 8.64. The fraction of sp³-hybridized carbons (Fsp3) is 0.625. The first-order valence-electron chi connectivity index (χ1n) is 4.53. The SMILES string of the molecule is CC(Br)CCNS(=O)(=O)c1cn(C)cn1. The van der Waals surface area contributed by atoms with Crippen LogP contribution in [0.4, 0.5) is 0 Å². The molecule has 0 saturated heterocycles. The molecule has 0 aliphatic rings. The van der Waals surface area contributed by atoms with Gasteiger partial charge in [-0.1, -0.05) is 22.9 Å². The smallest absolute Gasteiger partial charge is 0.259 e. The van der Waals surface area contributed by atoms with E-state index >= 15 is 0 Å². The van der Waals surface area contributed by atoms with Gasteiger partial charge in [0.15, 0.2) is 5.03 Å². The molecule has 0 spiro atoms. The largest absolute Gasteiger partial charge is 0.339 e. The summed E-state index contributed by atoms with van der Waals surface area (Å²) in [5.74, 6) is 0. The number of aryl methyl sites for hydroxylation is 1. The Balaban J connectivity index is 2.60. The first-order valence-corrected chi connectivity index (χ1v) is 6.93. The standard InChI is InChI=1S/C8H14BrN3O2S/c1-7(9)3-4-11-15(13,14)8-5-12(2)6-10-8/h5-7,11H,3-4H2,1-2H3. The van der Waals surface area contributed by atoms with Gasteiger partial charge in [-0.15, -0.1) is 0 Å². The van der Waals surface area contributed by atoms with E-state index in [0.29, 0.717) is 11.4 Å². The minimum absolute atomic E-state index is 0.0622. The van der Waals surface area contributed by atoms with Crippen molar-refractivity contribution in [3.05, 3.63) is 12.5 Å². The second-order valence-electron chi connectivity index (χ2n) is 3.34. The van der Waals surface area contributed by atoms with E-state index in [2.05, 4.69) is 25.6 Å². The van der Waals surface area contributed by atoms with Crippen molar-refractivity contribution in [2.75, 3.05) is 6.54 Å². The van der Waals surface area contributed by atoms with Crippen LogP contribution < -0.4 is 4.72 Å². The van der Waals surface area contributed by atoms with Crippen LogP contribution in [0, 0.1) is 0 Å². The molecule has 0 fully saturated rings. The number of sulfonamides is 1. The predicted molar refractivity (Wildman–Crippen MR) is 61.4 cm³/mol. The van der Waals surface area contributed by atoms with Crippen LogP contribution in [0.5, 0.6) is 0 Å². The van der Waals surface area contributed by atoms with Crippen molar-refractivity contribution < 1.29 is 8.42 Å². The molecule has 5 nitrogen and oxygen atoms in total.